The van der Waals surface area contributed by atoms with Crippen LogP contribution < -0.4 is 4.40 Å². The first-order chi connectivity index (χ1) is 31.3. The Morgan fingerprint density at radius 2 is 1.36 bits per heavy atom. The van der Waals surface area contributed by atoms with Crippen LogP contribution in [0.2, 0.25) is 17.3 Å². The van der Waals surface area contributed by atoms with Crippen LogP contribution in [0.5, 0.6) is 0 Å². The Kier molecular flexibility index (Phi) is 12.8. The van der Waals surface area contributed by atoms with Crippen LogP contribution in [0.15, 0.2) is 164 Å². The zero-order valence-corrected chi connectivity index (χ0v) is 42.6. The molecular formula is C57H52GeIrN4S-2. The standard InChI is InChI=1S/C43H36N3S.C14H16GeN.Ir/c1-27(2)36-25-31(30-16-9-6-10-17-30)26-37(28(3)4)40(36)46-39-21-12-11-20-38(39)45-42(46)35-19-13-18-33-34-23-22-32(44-43(34)47-41(33)35)24-29-14-7-5-8-15-29;1-15(2,3)13-9-10-14(16-11-13)12-7-5-4-6-8-12;/h5-18,20-23,25-28H,24H2,1-4H3;4-7,9-11H,1-3H3;/q2*-1;/i24D2;;. The molecule has 4 heterocycles. The quantitative estimate of drug-likeness (QED) is 0.107. The molecule has 0 aliphatic rings. The van der Waals surface area contributed by atoms with Crippen molar-refractivity contribution in [2.45, 2.75) is 63.2 Å². The van der Waals surface area contributed by atoms with Crippen molar-refractivity contribution < 1.29 is 22.8 Å². The number of imidazole rings is 1. The van der Waals surface area contributed by atoms with Crippen molar-refractivity contribution in [1.29, 1.82) is 0 Å². The van der Waals surface area contributed by atoms with Crippen LogP contribution in [0.1, 0.15) is 64.7 Å². The molecule has 64 heavy (non-hydrogen) atoms. The minimum atomic E-state index is -1.72. The molecule has 321 valence electrons. The number of para-hydroxylation sites is 2. The molecule has 4 nitrogen and oxygen atoms in total. The maximum absolute atomic E-state index is 8.95. The number of pyridine rings is 2. The van der Waals surface area contributed by atoms with E-state index in [9.17, 15) is 0 Å². The van der Waals surface area contributed by atoms with Crippen molar-refractivity contribution in [1.82, 2.24) is 19.5 Å². The van der Waals surface area contributed by atoms with Crippen LogP contribution >= 0.6 is 11.3 Å². The largest absolute Gasteiger partial charge is 0 e. The van der Waals surface area contributed by atoms with Gasteiger partial charge in [0.1, 0.15) is 4.83 Å². The number of nitrogens with zero attached hydrogens (tertiary/aromatic N) is 4. The van der Waals surface area contributed by atoms with Crippen molar-refractivity contribution in [3.05, 3.63) is 198 Å². The van der Waals surface area contributed by atoms with Crippen molar-refractivity contribution in [2.24, 2.45) is 0 Å². The van der Waals surface area contributed by atoms with Gasteiger partial charge >= 0.3 is 99.8 Å². The fourth-order valence-electron chi connectivity index (χ4n) is 8.11. The Morgan fingerprint density at radius 3 is 2.02 bits per heavy atom. The summed E-state index contributed by atoms with van der Waals surface area (Å²) in [6, 6.07) is 60.0. The number of benzene rings is 6. The van der Waals surface area contributed by atoms with Crippen LogP contribution in [0.3, 0.4) is 0 Å². The molecule has 0 atom stereocenters. The molecule has 0 aliphatic heterocycles. The molecule has 0 N–H and O–H groups in total. The molecule has 0 fully saturated rings. The van der Waals surface area contributed by atoms with Gasteiger partial charge in [-0.1, -0.05) is 118 Å². The molecule has 0 saturated carbocycles. The minimum Gasteiger partial charge on any atom is 0 e. The molecule has 0 saturated heterocycles. The first kappa shape index (κ1) is 42.5. The van der Waals surface area contributed by atoms with Gasteiger partial charge in [-0.2, -0.15) is 11.3 Å². The summed E-state index contributed by atoms with van der Waals surface area (Å²) in [7, 11) is 0. The molecule has 7 heteroatoms. The van der Waals surface area contributed by atoms with Gasteiger partial charge in [0.05, 0.1) is 16.9 Å². The van der Waals surface area contributed by atoms with E-state index in [0.29, 0.717) is 11.3 Å². The molecule has 10 aromatic rings. The van der Waals surface area contributed by atoms with Crippen LogP contribution in [0.25, 0.3) is 70.8 Å². The molecule has 0 unspecified atom stereocenters. The van der Waals surface area contributed by atoms with E-state index >= 15 is 0 Å². The van der Waals surface area contributed by atoms with Crippen molar-refractivity contribution >= 4 is 60.3 Å². The van der Waals surface area contributed by atoms with E-state index in [1.807, 2.05) is 85.1 Å². The molecule has 0 spiro atoms. The van der Waals surface area contributed by atoms with Crippen LogP contribution in [-0.4, -0.2) is 32.8 Å². The molecule has 0 bridgehead atoms. The van der Waals surface area contributed by atoms with Gasteiger partial charge in [-0.25, -0.2) is 4.98 Å². The number of thiophene rings is 1. The van der Waals surface area contributed by atoms with Crippen molar-refractivity contribution in [2.75, 3.05) is 0 Å². The first-order valence-corrected chi connectivity index (χ1v) is 29.9. The Balaban J connectivity index is 0.000000295. The van der Waals surface area contributed by atoms with Crippen LogP contribution in [-0.2, 0) is 26.5 Å². The number of fused-ring (bicyclic) bond motifs is 4. The van der Waals surface area contributed by atoms with Gasteiger partial charge < -0.3 is 4.57 Å². The Labute approximate surface area is 401 Å². The summed E-state index contributed by atoms with van der Waals surface area (Å²) in [6.07, 6.45) is 0.317. The fraction of sp³-hybridized carbons (Fsp3) is 0.175. The van der Waals surface area contributed by atoms with E-state index in [4.69, 9.17) is 12.7 Å². The molecular weight excluding hydrogens is 1040 g/mol. The minimum absolute atomic E-state index is 0. The Bertz CT molecular complexity index is 3240. The average Bonchev–Trinajstić information content (AvgIpc) is 3.90. The third kappa shape index (κ3) is 9.34. The number of aromatic nitrogens is 4. The second-order valence-electron chi connectivity index (χ2n) is 17.6. The van der Waals surface area contributed by atoms with Gasteiger partial charge in [-0.05, 0) is 80.1 Å². The SMILES string of the molecule is [2H]C([2H])(c1ccccc1)c1ccc2c(n1)sc1c(-c3nc4ccccc4n3-c3c(C(C)C)cc(-c4ccccc4)cc3C(C)C)[c-]ccc12.[CH3][Ge]([CH3])([CH3])[c]1ccc(-c2[c-]cccc2)nc1.[Ir]. The van der Waals surface area contributed by atoms with E-state index in [2.05, 4.69) is 146 Å². The number of hydrogen-bond acceptors (Lipinski definition) is 4. The van der Waals surface area contributed by atoms with Crippen molar-refractivity contribution in [3.63, 3.8) is 0 Å². The van der Waals surface area contributed by atoms with Gasteiger partial charge in [0.15, 0.2) is 0 Å². The summed E-state index contributed by atoms with van der Waals surface area (Å²) in [5.74, 6) is 8.50. The van der Waals surface area contributed by atoms with Crippen molar-refractivity contribution in [3.8, 4) is 39.5 Å². The molecule has 0 aliphatic carbocycles. The number of hydrogen-bond donors (Lipinski definition) is 0. The first-order valence-electron chi connectivity index (χ1n) is 22.7. The van der Waals surface area contributed by atoms with Gasteiger partial charge in [-0.15, -0.1) is 18.2 Å². The molecule has 1 radical (unpaired) electrons. The van der Waals surface area contributed by atoms with Gasteiger partial charge in [-0.3, -0.25) is 4.98 Å². The molecule has 0 amide bonds. The fourth-order valence-corrected chi connectivity index (χ4v) is 11.5. The maximum Gasteiger partial charge on any atom is 0 e. The number of rotatable bonds is 9. The second-order valence-corrected chi connectivity index (χ2v) is 29.3. The molecule has 6 aromatic carbocycles. The molecule has 4 aromatic heterocycles. The molecule has 10 rings (SSSR count). The van der Waals surface area contributed by atoms with E-state index in [-0.39, 0.29) is 31.9 Å². The summed E-state index contributed by atoms with van der Waals surface area (Å²) in [4.78, 5) is 15.6. The summed E-state index contributed by atoms with van der Waals surface area (Å²) in [5.41, 5.74) is 12.1. The summed E-state index contributed by atoms with van der Waals surface area (Å²) >= 11 is -0.135. The predicted octanol–water partition coefficient (Wildman–Crippen LogP) is 14.9. The summed E-state index contributed by atoms with van der Waals surface area (Å²) in [5, 5.41) is 2.07. The second kappa shape index (κ2) is 19.3. The van der Waals surface area contributed by atoms with E-state index in [1.165, 1.54) is 32.3 Å². The van der Waals surface area contributed by atoms with Gasteiger partial charge in [0, 0.05) is 40.6 Å². The topological polar surface area (TPSA) is 43.6 Å². The third-order valence-electron chi connectivity index (χ3n) is 11.5. The average molecular weight is 1090 g/mol. The zero-order chi connectivity index (χ0) is 45.5. The summed E-state index contributed by atoms with van der Waals surface area (Å²) in [6.45, 7) is 9.08. The monoisotopic (exact) mass is 1090 g/mol. The Morgan fingerprint density at radius 1 is 0.672 bits per heavy atom. The van der Waals surface area contributed by atoms with Gasteiger partial charge in [0.25, 0.3) is 0 Å². The van der Waals surface area contributed by atoms with Crippen LogP contribution in [0, 0.1) is 12.1 Å². The summed E-state index contributed by atoms with van der Waals surface area (Å²) < 4.78 is 22.7. The third-order valence-corrected chi connectivity index (χ3v) is 16.9. The Hall–Kier alpha value is -5.50. The zero-order valence-electron chi connectivity index (χ0n) is 39.3. The normalized spacial score (nSPS) is 12.3. The smallest absolute Gasteiger partial charge is 0 e. The predicted molar refractivity (Wildman–Crippen MR) is 270 cm³/mol. The van der Waals surface area contributed by atoms with E-state index < -0.39 is 19.6 Å². The maximum atomic E-state index is 8.95. The van der Waals surface area contributed by atoms with Gasteiger partial charge in [0.2, 0.25) is 0 Å². The van der Waals surface area contributed by atoms with E-state index in [1.54, 1.807) is 11.3 Å². The van der Waals surface area contributed by atoms with Crippen LogP contribution in [0.4, 0.5) is 0 Å². The van der Waals surface area contributed by atoms with E-state index in [0.717, 1.165) is 54.0 Å².